The number of hydrogen-bond acceptors (Lipinski definition) is 3. The van der Waals surface area contributed by atoms with E-state index in [0.29, 0.717) is 0 Å². The molecule has 0 bridgehead atoms. The van der Waals surface area contributed by atoms with E-state index in [1.807, 2.05) is 24.4 Å². The fourth-order valence-corrected chi connectivity index (χ4v) is 2.87. The number of pyridine rings is 1. The highest BCUT2D eigenvalue weighted by molar-refractivity contribution is 9.10. The van der Waals surface area contributed by atoms with Gasteiger partial charge in [-0.2, -0.15) is 0 Å². The molecule has 0 radical (unpaired) electrons. The van der Waals surface area contributed by atoms with Crippen LogP contribution in [0.4, 0.5) is 11.5 Å². The van der Waals surface area contributed by atoms with E-state index in [2.05, 4.69) is 37.9 Å². The maximum Gasteiger partial charge on any atom is 0.143 e. The SMILES string of the molecule is Nc1ccc2c(c1)CN(c1ncccc1Br)CC2. The number of hydrogen-bond donors (Lipinski definition) is 1. The predicted octanol–water partition coefficient (Wildman–Crippen LogP) is 2.99. The second-order valence-corrected chi connectivity index (χ2v) is 5.36. The van der Waals surface area contributed by atoms with Gasteiger partial charge in [0.1, 0.15) is 5.82 Å². The highest BCUT2D eigenvalue weighted by Crippen LogP contribution is 2.29. The molecular formula is C14H14BrN3. The van der Waals surface area contributed by atoms with Crippen molar-refractivity contribution in [3.05, 3.63) is 52.1 Å². The van der Waals surface area contributed by atoms with Crippen LogP contribution in [0, 0.1) is 0 Å². The summed E-state index contributed by atoms with van der Waals surface area (Å²) < 4.78 is 1.04. The molecule has 0 saturated heterocycles. The second-order valence-electron chi connectivity index (χ2n) is 4.51. The Labute approximate surface area is 115 Å². The maximum absolute atomic E-state index is 5.85. The molecule has 0 unspecified atom stereocenters. The van der Waals surface area contributed by atoms with Crippen LogP contribution in [0.1, 0.15) is 11.1 Å². The van der Waals surface area contributed by atoms with E-state index in [0.717, 1.165) is 35.5 Å². The second kappa shape index (κ2) is 4.61. The zero-order valence-corrected chi connectivity index (χ0v) is 11.5. The molecule has 3 nitrogen and oxygen atoms in total. The number of nitrogens with two attached hydrogens (primary N) is 1. The summed E-state index contributed by atoms with van der Waals surface area (Å²) in [6.07, 6.45) is 2.87. The highest BCUT2D eigenvalue weighted by atomic mass is 79.9. The monoisotopic (exact) mass is 303 g/mol. The topological polar surface area (TPSA) is 42.1 Å². The summed E-state index contributed by atoms with van der Waals surface area (Å²) in [5, 5.41) is 0. The van der Waals surface area contributed by atoms with Crippen LogP contribution in [0.3, 0.4) is 0 Å². The van der Waals surface area contributed by atoms with Crippen LogP contribution >= 0.6 is 15.9 Å². The number of nitrogens with zero attached hydrogens (tertiary/aromatic N) is 2. The standard InChI is InChI=1S/C14H14BrN3/c15-13-2-1-6-17-14(13)18-7-5-10-3-4-12(16)8-11(10)9-18/h1-4,6,8H,5,7,9,16H2. The fraction of sp³-hybridized carbons (Fsp3) is 0.214. The molecule has 2 N–H and O–H groups in total. The van der Waals surface area contributed by atoms with E-state index in [1.54, 1.807) is 0 Å². The first-order valence-corrected chi connectivity index (χ1v) is 6.76. The van der Waals surface area contributed by atoms with Crippen molar-refractivity contribution in [2.24, 2.45) is 0 Å². The summed E-state index contributed by atoms with van der Waals surface area (Å²) in [4.78, 5) is 6.73. The summed E-state index contributed by atoms with van der Waals surface area (Å²) in [5.74, 6) is 1.01. The zero-order chi connectivity index (χ0) is 12.5. The van der Waals surface area contributed by atoms with Crippen molar-refractivity contribution in [3.8, 4) is 0 Å². The zero-order valence-electron chi connectivity index (χ0n) is 9.94. The van der Waals surface area contributed by atoms with Crippen LogP contribution in [-0.2, 0) is 13.0 Å². The molecule has 0 amide bonds. The molecule has 1 aromatic heterocycles. The van der Waals surface area contributed by atoms with Gasteiger partial charge in [0.25, 0.3) is 0 Å². The number of nitrogen functional groups attached to an aromatic ring is 1. The van der Waals surface area contributed by atoms with Crippen molar-refractivity contribution in [3.63, 3.8) is 0 Å². The smallest absolute Gasteiger partial charge is 0.143 e. The Hall–Kier alpha value is -1.55. The van der Waals surface area contributed by atoms with E-state index < -0.39 is 0 Å². The molecule has 0 spiro atoms. The molecule has 0 atom stereocenters. The lowest BCUT2D eigenvalue weighted by Crippen LogP contribution is -2.31. The number of rotatable bonds is 1. The Kier molecular flexibility index (Phi) is 2.96. The van der Waals surface area contributed by atoms with Crippen molar-refractivity contribution in [2.45, 2.75) is 13.0 Å². The molecule has 2 heterocycles. The third-order valence-electron chi connectivity index (χ3n) is 3.28. The van der Waals surface area contributed by atoms with Gasteiger partial charge in [0.05, 0.1) is 4.47 Å². The average Bonchev–Trinajstić information content (AvgIpc) is 2.38. The van der Waals surface area contributed by atoms with Gasteiger partial charge >= 0.3 is 0 Å². The summed E-state index contributed by atoms with van der Waals surface area (Å²) in [7, 11) is 0. The molecule has 0 saturated carbocycles. The van der Waals surface area contributed by atoms with Crippen molar-refractivity contribution in [1.29, 1.82) is 0 Å². The predicted molar refractivity (Wildman–Crippen MR) is 77.5 cm³/mol. The quantitative estimate of drug-likeness (QED) is 0.824. The van der Waals surface area contributed by atoms with Crippen LogP contribution < -0.4 is 10.6 Å². The van der Waals surface area contributed by atoms with E-state index in [1.165, 1.54) is 11.1 Å². The van der Waals surface area contributed by atoms with Crippen molar-refractivity contribution >= 4 is 27.4 Å². The van der Waals surface area contributed by atoms with Gasteiger partial charge in [-0.3, -0.25) is 0 Å². The normalized spacial score (nSPS) is 14.4. The maximum atomic E-state index is 5.85. The third kappa shape index (κ3) is 2.08. The Morgan fingerprint density at radius 2 is 2.11 bits per heavy atom. The first-order chi connectivity index (χ1) is 8.74. The Morgan fingerprint density at radius 1 is 1.22 bits per heavy atom. The van der Waals surface area contributed by atoms with E-state index in [4.69, 9.17) is 5.73 Å². The largest absolute Gasteiger partial charge is 0.399 e. The third-order valence-corrected chi connectivity index (χ3v) is 3.90. The minimum atomic E-state index is 0.829. The average molecular weight is 304 g/mol. The van der Waals surface area contributed by atoms with Gasteiger partial charge in [0.2, 0.25) is 0 Å². The molecule has 1 aromatic carbocycles. The van der Waals surface area contributed by atoms with E-state index >= 15 is 0 Å². The van der Waals surface area contributed by atoms with Crippen LogP contribution in [-0.4, -0.2) is 11.5 Å². The van der Waals surface area contributed by atoms with Crippen molar-refractivity contribution in [1.82, 2.24) is 4.98 Å². The fourth-order valence-electron chi connectivity index (χ4n) is 2.37. The molecule has 92 valence electrons. The van der Waals surface area contributed by atoms with Crippen LogP contribution in [0.5, 0.6) is 0 Å². The summed E-state index contributed by atoms with van der Waals surface area (Å²) in [5.41, 5.74) is 9.38. The molecule has 2 aromatic rings. The van der Waals surface area contributed by atoms with Crippen LogP contribution in [0.15, 0.2) is 41.0 Å². The summed E-state index contributed by atoms with van der Waals surface area (Å²) in [6, 6.07) is 10.1. The Bertz CT molecular complexity index is 583. The number of fused-ring (bicyclic) bond motifs is 1. The van der Waals surface area contributed by atoms with Gasteiger partial charge in [-0.15, -0.1) is 0 Å². The van der Waals surface area contributed by atoms with Crippen LogP contribution in [0.25, 0.3) is 0 Å². The lowest BCUT2D eigenvalue weighted by molar-refractivity contribution is 0.719. The molecule has 4 heteroatoms. The molecule has 18 heavy (non-hydrogen) atoms. The van der Waals surface area contributed by atoms with Crippen molar-refractivity contribution < 1.29 is 0 Å². The summed E-state index contributed by atoms with van der Waals surface area (Å²) in [6.45, 7) is 1.86. The first-order valence-electron chi connectivity index (χ1n) is 5.97. The minimum absolute atomic E-state index is 0.829. The van der Waals surface area contributed by atoms with E-state index in [-0.39, 0.29) is 0 Å². The van der Waals surface area contributed by atoms with Gasteiger partial charge in [0.15, 0.2) is 0 Å². The molecule has 0 fully saturated rings. The Balaban J connectivity index is 1.93. The highest BCUT2D eigenvalue weighted by Gasteiger charge is 2.18. The molecule has 0 aliphatic carbocycles. The van der Waals surface area contributed by atoms with Gasteiger partial charge in [-0.1, -0.05) is 6.07 Å². The molecule has 1 aliphatic rings. The lowest BCUT2D eigenvalue weighted by atomic mass is 9.99. The number of aromatic nitrogens is 1. The molecule has 3 rings (SSSR count). The van der Waals surface area contributed by atoms with Crippen LogP contribution in [0.2, 0.25) is 0 Å². The van der Waals surface area contributed by atoms with Gasteiger partial charge in [-0.25, -0.2) is 4.98 Å². The van der Waals surface area contributed by atoms with Gasteiger partial charge in [-0.05, 0) is 57.7 Å². The van der Waals surface area contributed by atoms with Gasteiger partial charge < -0.3 is 10.6 Å². The minimum Gasteiger partial charge on any atom is -0.399 e. The lowest BCUT2D eigenvalue weighted by Gasteiger charge is -2.30. The number of halogens is 1. The van der Waals surface area contributed by atoms with E-state index in [9.17, 15) is 0 Å². The van der Waals surface area contributed by atoms with Gasteiger partial charge in [0, 0.05) is 25.0 Å². The van der Waals surface area contributed by atoms with Crippen molar-refractivity contribution in [2.75, 3.05) is 17.2 Å². The number of anilines is 2. The molecular weight excluding hydrogens is 290 g/mol. The summed E-state index contributed by atoms with van der Waals surface area (Å²) >= 11 is 3.56. The molecule has 1 aliphatic heterocycles. The first kappa shape index (κ1) is 11.5. The Morgan fingerprint density at radius 3 is 2.94 bits per heavy atom. The number of benzene rings is 1.